The molecule has 2 heterocycles. The van der Waals surface area contributed by atoms with E-state index in [0.717, 1.165) is 4.52 Å². The second-order valence-electron chi connectivity index (χ2n) is 7.13. The number of alkyl halides is 3. The molecule has 32 heavy (non-hydrogen) atoms. The van der Waals surface area contributed by atoms with Gasteiger partial charge in [0.05, 0.1) is 5.56 Å². The van der Waals surface area contributed by atoms with Crippen LogP contribution < -0.4 is 10.6 Å². The van der Waals surface area contributed by atoms with E-state index < -0.39 is 11.9 Å². The molecule has 164 valence electrons. The number of rotatable bonds is 4. The Bertz CT molecular complexity index is 1300. The van der Waals surface area contributed by atoms with Crippen LogP contribution in [0.4, 0.5) is 30.4 Å². The quantitative estimate of drug-likeness (QED) is 0.388. The van der Waals surface area contributed by atoms with E-state index in [4.69, 9.17) is 11.6 Å². The molecule has 0 saturated carbocycles. The smallest absolute Gasteiger partial charge is 0.340 e. The fourth-order valence-corrected chi connectivity index (χ4v) is 3.42. The number of carbonyl (C=O) groups is 1. The minimum atomic E-state index is -4.69. The van der Waals surface area contributed by atoms with Gasteiger partial charge in [-0.2, -0.15) is 22.8 Å². The number of halogens is 4. The Labute approximate surface area is 186 Å². The summed E-state index contributed by atoms with van der Waals surface area (Å²) in [7, 11) is 0. The first kappa shape index (κ1) is 21.6. The maximum absolute atomic E-state index is 13.9. The van der Waals surface area contributed by atoms with E-state index in [2.05, 4.69) is 20.7 Å². The Kier molecular flexibility index (Phi) is 5.52. The minimum absolute atomic E-state index is 0.0667. The van der Waals surface area contributed by atoms with E-state index in [-0.39, 0.29) is 17.1 Å². The maximum atomic E-state index is 13.9. The molecule has 1 amide bonds. The summed E-state index contributed by atoms with van der Waals surface area (Å²) < 4.78 is 42.8. The summed E-state index contributed by atoms with van der Waals surface area (Å²) in [6.45, 7) is 3.09. The maximum Gasteiger partial charge on any atom is 0.435 e. The van der Waals surface area contributed by atoms with Crippen molar-refractivity contribution in [3.8, 4) is 11.1 Å². The number of amides is 1. The fourth-order valence-electron chi connectivity index (χ4n) is 3.30. The van der Waals surface area contributed by atoms with Crippen LogP contribution in [0.5, 0.6) is 0 Å². The van der Waals surface area contributed by atoms with E-state index in [9.17, 15) is 18.0 Å². The van der Waals surface area contributed by atoms with Gasteiger partial charge in [-0.3, -0.25) is 4.79 Å². The van der Waals surface area contributed by atoms with Crippen molar-refractivity contribution in [2.24, 2.45) is 0 Å². The second kappa shape index (κ2) is 8.16. The zero-order chi connectivity index (χ0) is 23.0. The van der Waals surface area contributed by atoms with Crippen molar-refractivity contribution >= 4 is 40.3 Å². The molecule has 0 aliphatic heterocycles. The zero-order valence-corrected chi connectivity index (χ0v) is 17.7. The Hall–Kier alpha value is -3.59. The van der Waals surface area contributed by atoms with Gasteiger partial charge >= 0.3 is 6.18 Å². The molecule has 2 aromatic carbocycles. The van der Waals surface area contributed by atoms with Gasteiger partial charge in [0.2, 0.25) is 5.91 Å². The highest BCUT2D eigenvalue weighted by Gasteiger charge is 2.39. The molecule has 0 fully saturated rings. The molecule has 2 aromatic heterocycles. The first-order valence-electron chi connectivity index (χ1n) is 9.50. The molecule has 0 unspecified atom stereocenters. The van der Waals surface area contributed by atoms with Gasteiger partial charge in [-0.05, 0) is 48.9 Å². The molecule has 0 bridgehead atoms. The Morgan fingerprint density at radius 2 is 1.66 bits per heavy atom. The van der Waals surface area contributed by atoms with E-state index in [0.29, 0.717) is 33.5 Å². The molecule has 0 aliphatic carbocycles. The lowest BCUT2D eigenvalue weighted by Gasteiger charge is -2.11. The van der Waals surface area contributed by atoms with Crippen molar-refractivity contribution in [2.75, 3.05) is 10.6 Å². The molecule has 0 spiro atoms. The number of nitrogens with zero attached hydrogens (tertiary/aromatic N) is 3. The van der Waals surface area contributed by atoms with Crippen LogP contribution in [0.2, 0.25) is 5.02 Å². The van der Waals surface area contributed by atoms with E-state index in [1.54, 1.807) is 37.3 Å². The first-order valence-corrected chi connectivity index (χ1v) is 9.88. The highest BCUT2D eigenvalue weighted by atomic mass is 35.5. The van der Waals surface area contributed by atoms with Crippen LogP contribution in [0.15, 0.2) is 54.6 Å². The van der Waals surface area contributed by atoms with Crippen molar-refractivity contribution in [1.82, 2.24) is 14.6 Å². The van der Waals surface area contributed by atoms with Crippen molar-refractivity contribution in [3.63, 3.8) is 0 Å². The Morgan fingerprint density at radius 1 is 1.03 bits per heavy atom. The fraction of sp³-hybridized carbons (Fsp3) is 0.136. The molecule has 0 atom stereocenters. The molecule has 0 radical (unpaired) electrons. The third kappa shape index (κ3) is 4.38. The number of fused-ring (bicyclic) bond motifs is 1. The summed E-state index contributed by atoms with van der Waals surface area (Å²) in [5, 5.41) is 10.00. The molecular weight excluding hydrogens is 443 g/mol. The number of aryl methyl sites for hydroxylation is 1. The number of carbonyl (C=O) groups excluding carboxylic acids is 1. The number of hydrogen-bond donors (Lipinski definition) is 2. The largest absolute Gasteiger partial charge is 0.435 e. The zero-order valence-electron chi connectivity index (χ0n) is 17.0. The molecular formula is C22H17ClF3N5O. The van der Waals surface area contributed by atoms with Crippen molar-refractivity contribution in [2.45, 2.75) is 20.0 Å². The van der Waals surface area contributed by atoms with Crippen molar-refractivity contribution in [1.29, 1.82) is 0 Å². The van der Waals surface area contributed by atoms with Crippen LogP contribution in [0.1, 0.15) is 18.3 Å². The van der Waals surface area contributed by atoms with Crippen molar-refractivity contribution < 1.29 is 18.0 Å². The summed E-state index contributed by atoms with van der Waals surface area (Å²) >= 11 is 5.91. The normalized spacial score (nSPS) is 11.6. The summed E-state index contributed by atoms with van der Waals surface area (Å²) in [6, 6.07) is 14.4. The van der Waals surface area contributed by atoms with Gasteiger partial charge in [0.25, 0.3) is 0 Å². The summed E-state index contributed by atoms with van der Waals surface area (Å²) in [6.07, 6.45) is -4.69. The SMILES string of the molecule is CC(=O)Nc1ccc(Nc2cc(C)nc3c(-c4ccc(Cl)cc4)c(C(F)(F)F)nn23)cc1. The Balaban J connectivity index is 1.84. The number of hydrogen-bond acceptors (Lipinski definition) is 4. The monoisotopic (exact) mass is 459 g/mol. The predicted molar refractivity (Wildman–Crippen MR) is 117 cm³/mol. The molecule has 6 nitrogen and oxygen atoms in total. The number of benzene rings is 2. The Morgan fingerprint density at radius 3 is 2.25 bits per heavy atom. The van der Waals surface area contributed by atoms with Gasteiger partial charge in [0.15, 0.2) is 11.3 Å². The van der Waals surface area contributed by atoms with Crippen LogP contribution in [-0.2, 0) is 11.0 Å². The van der Waals surface area contributed by atoms with E-state index >= 15 is 0 Å². The lowest BCUT2D eigenvalue weighted by molar-refractivity contribution is -0.140. The standard InChI is InChI=1S/C22H17ClF3N5O/c1-12-11-18(29-17-9-7-16(8-10-17)28-13(2)32)31-21(27-12)19(20(30-31)22(24,25)26)14-3-5-15(23)6-4-14/h3-11,29H,1-2H3,(H,28,32). The molecule has 4 rings (SSSR count). The van der Waals surface area contributed by atoms with Gasteiger partial charge in [-0.25, -0.2) is 4.98 Å². The molecule has 0 aliphatic rings. The number of aromatic nitrogens is 3. The predicted octanol–water partition coefficient (Wildman–Crippen LogP) is 6.08. The van der Waals surface area contributed by atoms with Crippen molar-refractivity contribution in [3.05, 3.63) is 71.0 Å². The van der Waals surface area contributed by atoms with Crippen LogP contribution in [-0.4, -0.2) is 20.5 Å². The van der Waals surface area contributed by atoms with Crippen LogP contribution in [0.25, 0.3) is 16.8 Å². The van der Waals surface area contributed by atoms with Gasteiger partial charge in [-0.1, -0.05) is 23.7 Å². The lowest BCUT2D eigenvalue weighted by atomic mass is 10.1. The third-order valence-electron chi connectivity index (χ3n) is 4.60. The number of anilines is 3. The highest BCUT2D eigenvalue weighted by molar-refractivity contribution is 6.30. The lowest BCUT2D eigenvalue weighted by Crippen LogP contribution is -2.08. The average molecular weight is 460 g/mol. The minimum Gasteiger partial charge on any atom is -0.340 e. The van der Waals surface area contributed by atoms with Gasteiger partial charge < -0.3 is 10.6 Å². The third-order valence-corrected chi connectivity index (χ3v) is 4.85. The van der Waals surface area contributed by atoms with Crippen LogP contribution in [0.3, 0.4) is 0 Å². The van der Waals surface area contributed by atoms with E-state index in [1.165, 1.54) is 31.2 Å². The molecule has 4 aromatic rings. The van der Waals surface area contributed by atoms with Gasteiger partial charge in [-0.15, -0.1) is 0 Å². The summed E-state index contributed by atoms with van der Waals surface area (Å²) in [5.74, 6) is 0.105. The van der Waals surface area contributed by atoms with Crippen LogP contribution in [0, 0.1) is 6.92 Å². The summed E-state index contributed by atoms with van der Waals surface area (Å²) in [5.41, 5.74) is 0.922. The molecule has 2 N–H and O–H groups in total. The average Bonchev–Trinajstić information content (AvgIpc) is 3.10. The van der Waals surface area contributed by atoms with Crippen LogP contribution >= 0.6 is 11.6 Å². The second-order valence-corrected chi connectivity index (χ2v) is 7.57. The highest BCUT2D eigenvalue weighted by Crippen LogP contribution is 2.39. The number of nitrogens with one attached hydrogen (secondary N) is 2. The topological polar surface area (TPSA) is 71.3 Å². The van der Waals surface area contributed by atoms with E-state index in [1.807, 2.05) is 0 Å². The first-order chi connectivity index (χ1) is 15.1. The van der Waals surface area contributed by atoms with Gasteiger partial charge in [0, 0.05) is 35.1 Å². The summed E-state index contributed by atoms with van der Waals surface area (Å²) in [4.78, 5) is 15.5. The molecule has 0 saturated heterocycles. The molecule has 10 heteroatoms. The van der Waals surface area contributed by atoms with Gasteiger partial charge in [0.1, 0.15) is 5.82 Å².